The van der Waals surface area contributed by atoms with Gasteiger partial charge in [0.15, 0.2) is 0 Å². The molecule has 0 aromatic heterocycles. The van der Waals surface area contributed by atoms with Crippen LogP contribution in [0.5, 0.6) is 0 Å². The molecule has 1 aromatic carbocycles. The summed E-state index contributed by atoms with van der Waals surface area (Å²) < 4.78 is 4.75. The number of hydrogen-bond donors (Lipinski definition) is 1. The molecule has 1 rings (SSSR count). The van der Waals surface area contributed by atoms with Gasteiger partial charge in [0, 0.05) is 4.47 Å². The number of hydrogen-bond acceptors (Lipinski definition) is 2. The minimum Gasteiger partial charge on any atom is -0.397 e. The topological polar surface area (TPSA) is 38.4 Å². The highest BCUT2D eigenvalue weighted by atomic mass is 79.9. The molecule has 2 nitrogen and oxygen atoms in total. The summed E-state index contributed by atoms with van der Waals surface area (Å²) in [6.45, 7) is 0. The van der Waals surface area contributed by atoms with E-state index in [9.17, 15) is 0 Å². The molecule has 1 aromatic rings. The second kappa shape index (κ2) is 3.13. The molecule has 0 aliphatic rings. The molecule has 0 unspecified atom stereocenters. The molecule has 52 valence electrons. The van der Waals surface area contributed by atoms with Crippen LogP contribution in [0.3, 0.4) is 0 Å². The lowest BCUT2D eigenvalue weighted by molar-refractivity contribution is 1.54. The fraction of sp³-hybridized carbons (Fsp3) is 0. The lowest BCUT2D eigenvalue weighted by Gasteiger charge is -1.97. The van der Waals surface area contributed by atoms with Gasteiger partial charge in [-0.25, -0.2) is 4.74 Å². The van der Waals surface area contributed by atoms with Gasteiger partial charge in [-0.15, -0.1) is 0 Å². The van der Waals surface area contributed by atoms with Crippen molar-refractivity contribution in [1.82, 2.24) is 0 Å². The third-order valence-corrected chi connectivity index (χ3v) is 1.85. The van der Waals surface area contributed by atoms with E-state index in [0.717, 1.165) is 10.2 Å². The van der Waals surface area contributed by atoms with Crippen LogP contribution in [-0.2, 0) is 0 Å². The van der Waals surface area contributed by atoms with Crippen molar-refractivity contribution in [2.75, 3.05) is 5.73 Å². The minimum absolute atomic E-state index is 0.665. The molecule has 0 aliphatic heterocycles. The maximum Gasteiger partial charge on any atom is 0.0912 e. The summed E-state index contributed by atoms with van der Waals surface area (Å²) in [5.41, 5.74) is 6.96. The van der Waals surface area contributed by atoms with Gasteiger partial charge >= 0.3 is 0 Å². The third-order valence-electron chi connectivity index (χ3n) is 1.11. The van der Waals surface area contributed by atoms with Crippen LogP contribution in [0.2, 0.25) is 0 Å². The van der Waals surface area contributed by atoms with Crippen LogP contribution in [0.25, 0.3) is 0 Å². The van der Waals surface area contributed by atoms with E-state index in [2.05, 4.69) is 29.7 Å². The van der Waals surface area contributed by atoms with E-state index < -0.39 is 0 Å². The first-order chi connectivity index (χ1) is 4.74. The number of halogens is 1. The number of anilines is 1. The Morgan fingerprint density at radius 3 is 2.70 bits per heavy atom. The predicted octanol–water partition coefficient (Wildman–Crippen LogP) is 2.99. The van der Waals surface area contributed by atoms with Gasteiger partial charge in [0.1, 0.15) is 0 Å². The van der Waals surface area contributed by atoms with Gasteiger partial charge in [-0.05, 0) is 27.2 Å². The zero-order valence-corrected chi connectivity index (χ0v) is 7.72. The molecule has 0 bridgehead atoms. The maximum atomic E-state index is 5.55. The van der Waals surface area contributed by atoms with Crippen LogP contribution in [0, 0.1) is 0 Å². The lowest BCUT2D eigenvalue weighted by Crippen LogP contribution is -1.83. The molecule has 0 amide bonds. The molecule has 4 heteroatoms. The zero-order valence-electron chi connectivity index (χ0n) is 5.13. The van der Waals surface area contributed by atoms with Gasteiger partial charge in [0.05, 0.1) is 11.4 Å². The van der Waals surface area contributed by atoms with Crippen LogP contribution in [0.15, 0.2) is 27.4 Å². The van der Waals surface area contributed by atoms with Crippen LogP contribution in [-0.4, -0.2) is 0 Å². The summed E-state index contributed by atoms with van der Waals surface area (Å²) in [5.74, 6) is 0. The predicted molar refractivity (Wildman–Crippen MR) is 49.0 cm³/mol. The zero-order chi connectivity index (χ0) is 7.56. The summed E-state index contributed by atoms with van der Waals surface area (Å²) in [4.78, 5) is 0. The highest BCUT2D eigenvalue weighted by Crippen LogP contribution is 2.26. The van der Waals surface area contributed by atoms with Gasteiger partial charge in [0.2, 0.25) is 0 Å². The van der Waals surface area contributed by atoms with E-state index in [0.29, 0.717) is 5.69 Å². The maximum absolute atomic E-state index is 5.55. The number of benzene rings is 1. The fourth-order valence-electron chi connectivity index (χ4n) is 0.614. The van der Waals surface area contributed by atoms with Crippen LogP contribution in [0.1, 0.15) is 0 Å². The Hall–Kier alpha value is -0.400. The second-order valence-electron chi connectivity index (χ2n) is 1.81. The first kappa shape index (κ1) is 7.70. The van der Waals surface area contributed by atoms with Gasteiger partial charge in [0.25, 0.3) is 0 Å². The van der Waals surface area contributed by atoms with Gasteiger partial charge in [-0.3, -0.25) is 0 Å². The average molecular weight is 217 g/mol. The Balaban J connectivity index is 3.21. The summed E-state index contributed by atoms with van der Waals surface area (Å²) in [7, 11) is 3.01. The Morgan fingerprint density at radius 2 is 2.20 bits per heavy atom. The standard InChI is InChI=1S/C6H6BrN2P/c7-4-1-2-5(8)6(3-4)9-10/h1-3,10H,8H2. The number of nitrogens with two attached hydrogens (primary N) is 1. The summed E-state index contributed by atoms with van der Waals surface area (Å²) in [5, 5.41) is 0. The highest BCUT2D eigenvalue weighted by molar-refractivity contribution is 9.10. The molecule has 2 N–H and O–H groups in total. The molecular weight excluding hydrogens is 211 g/mol. The molecule has 0 aliphatic carbocycles. The van der Waals surface area contributed by atoms with Crippen molar-refractivity contribution in [2.45, 2.75) is 0 Å². The largest absolute Gasteiger partial charge is 0.397 e. The normalized spacial score (nSPS) is 9.30. The molecule has 0 saturated heterocycles. The SMILES string of the molecule is Nc1ccc(Br)cc1N=P. The fourth-order valence-corrected chi connectivity index (χ4v) is 1.16. The van der Waals surface area contributed by atoms with Crippen molar-refractivity contribution in [3.63, 3.8) is 0 Å². The van der Waals surface area contributed by atoms with Crippen LogP contribution in [0.4, 0.5) is 11.4 Å². The highest BCUT2D eigenvalue weighted by Gasteiger charge is 1.94. The van der Waals surface area contributed by atoms with E-state index in [1.54, 1.807) is 6.07 Å². The average Bonchev–Trinajstić information content (AvgIpc) is 1.94. The van der Waals surface area contributed by atoms with E-state index in [1.165, 1.54) is 0 Å². The van der Waals surface area contributed by atoms with Crippen molar-refractivity contribution in [2.24, 2.45) is 4.74 Å². The van der Waals surface area contributed by atoms with Crippen molar-refractivity contribution in [3.05, 3.63) is 22.7 Å². The second-order valence-corrected chi connectivity index (χ2v) is 2.95. The monoisotopic (exact) mass is 216 g/mol. The molecule has 0 radical (unpaired) electrons. The van der Waals surface area contributed by atoms with Crippen LogP contribution >= 0.6 is 25.0 Å². The number of rotatable bonds is 1. The van der Waals surface area contributed by atoms with E-state index in [4.69, 9.17) is 5.73 Å². The summed E-state index contributed by atoms with van der Waals surface area (Å²) >= 11 is 3.30. The number of nitrogen functional groups attached to an aromatic ring is 1. The summed E-state index contributed by atoms with van der Waals surface area (Å²) in [6.07, 6.45) is 0. The van der Waals surface area contributed by atoms with Crippen molar-refractivity contribution >= 4 is 36.3 Å². The van der Waals surface area contributed by atoms with Crippen molar-refractivity contribution in [1.29, 1.82) is 0 Å². The molecule has 0 fully saturated rings. The molecule has 0 spiro atoms. The molecule has 0 atom stereocenters. The smallest absolute Gasteiger partial charge is 0.0912 e. The molecule has 0 saturated carbocycles. The summed E-state index contributed by atoms with van der Waals surface area (Å²) in [6, 6.07) is 5.50. The Bertz CT molecular complexity index is 262. The van der Waals surface area contributed by atoms with E-state index in [-0.39, 0.29) is 0 Å². The third kappa shape index (κ3) is 1.55. The van der Waals surface area contributed by atoms with Gasteiger partial charge in [-0.1, -0.05) is 15.9 Å². The number of nitrogens with zero attached hydrogens (tertiary/aromatic N) is 1. The lowest BCUT2D eigenvalue weighted by atomic mass is 10.3. The van der Waals surface area contributed by atoms with Crippen LogP contribution < -0.4 is 5.73 Å². The first-order valence-corrected chi connectivity index (χ1v) is 3.90. The first-order valence-electron chi connectivity index (χ1n) is 2.66. The van der Waals surface area contributed by atoms with E-state index >= 15 is 0 Å². The van der Waals surface area contributed by atoms with E-state index in [1.807, 2.05) is 12.1 Å². The van der Waals surface area contributed by atoms with Gasteiger partial charge in [-0.2, -0.15) is 0 Å². The minimum atomic E-state index is 0.665. The van der Waals surface area contributed by atoms with Gasteiger partial charge < -0.3 is 5.73 Å². The van der Waals surface area contributed by atoms with Crippen molar-refractivity contribution < 1.29 is 0 Å². The van der Waals surface area contributed by atoms with Crippen molar-refractivity contribution in [3.8, 4) is 0 Å². The molecular formula is C6H6BrN2P. The quantitative estimate of drug-likeness (QED) is 0.569. The Morgan fingerprint density at radius 1 is 1.50 bits per heavy atom. The Kier molecular flexibility index (Phi) is 2.41. The molecule has 10 heavy (non-hydrogen) atoms. The molecule has 0 heterocycles. The Labute approximate surface area is 69.9 Å².